The lowest BCUT2D eigenvalue weighted by Crippen LogP contribution is -2.34. The molecule has 0 unspecified atom stereocenters. The molecule has 0 aliphatic carbocycles. The zero-order valence-corrected chi connectivity index (χ0v) is 14.9. The average molecular weight is 366 g/mol. The Bertz CT molecular complexity index is 955. The quantitative estimate of drug-likeness (QED) is 0.738. The fraction of sp³-hybridized carbons (Fsp3) is 0.250. The maximum atomic E-state index is 13.1. The minimum absolute atomic E-state index is 0.187. The van der Waals surface area contributed by atoms with E-state index >= 15 is 0 Å². The molecule has 4 rings (SSSR count). The summed E-state index contributed by atoms with van der Waals surface area (Å²) in [7, 11) is 0. The number of aryl methyl sites for hydroxylation is 1. The van der Waals surface area contributed by atoms with Gasteiger partial charge in [-0.25, -0.2) is 9.18 Å². The van der Waals surface area contributed by atoms with Crippen molar-refractivity contribution in [2.24, 2.45) is 0 Å². The monoisotopic (exact) mass is 366 g/mol. The fourth-order valence-electron chi connectivity index (χ4n) is 3.25. The number of nitrogens with one attached hydrogen (secondary N) is 1. The molecule has 3 aromatic rings. The number of amides is 2. The molecule has 1 aliphatic rings. The molecule has 0 bridgehead atoms. The van der Waals surface area contributed by atoms with E-state index in [4.69, 9.17) is 4.52 Å². The number of carbonyl (C=O) groups excluding carboxylic acids is 1. The third-order valence-electron chi connectivity index (χ3n) is 4.73. The Hall–Kier alpha value is -3.22. The highest BCUT2D eigenvalue weighted by molar-refractivity contribution is 5.90. The Labute approximate surface area is 156 Å². The predicted octanol–water partition coefficient (Wildman–Crippen LogP) is 4.55. The second-order valence-corrected chi connectivity index (χ2v) is 6.56. The highest BCUT2D eigenvalue weighted by Gasteiger charge is 2.34. The maximum absolute atomic E-state index is 13.1. The van der Waals surface area contributed by atoms with Crippen LogP contribution in [0.2, 0.25) is 0 Å². The lowest BCUT2D eigenvalue weighted by Gasteiger charge is -2.22. The lowest BCUT2D eigenvalue weighted by atomic mass is 10.2. The van der Waals surface area contributed by atoms with Crippen LogP contribution in [0, 0.1) is 12.7 Å². The number of halogens is 1. The van der Waals surface area contributed by atoms with Crippen molar-refractivity contribution in [3.8, 4) is 11.4 Å². The molecule has 1 saturated heterocycles. The zero-order valence-electron chi connectivity index (χ0n) is 14.9. The van der Waals surface area contributed by atoms with E-state index in [9.17, 15) is 9.18 Å². The summed E-state index contributed by atoms with van der Waals surface area (Å²) in [5.41, 5.74) is 2.45. The van der Waals surface area contributed by atoms with Gasteiger partial charge >= 0.3 is 6.03 Å². The Morgan fingerprint density at radius 2 is 2.00 bits per heavy atom. The highest BCUT2D eigenvalue weighted by atomic mass is 19.1. The van der Waals surface area contributed by atoms with Gasteiger partial charge in [0, 0.05) is 17.8 Å². The Morgan fingerprint density at radius 1 is 1.22 bits per heavy atom. The first kappa shape index (κ1) is 17.2. The Balaban J connectivity index is 1.52. The number of likely N-dealkylation sites (tertiary alicyclic amines) is 1. The summed E-state index contributed by atoms with van der Waals surface area (Å²) in [6.45, 7) is 2.57. The van der Waals surface area contributed by atoms with Crippen LogP contribution in [-0.4, -0.2) is 27.6 Å². The number of nitrogens with zero attached hydrogens (tertiary/aromatic N) is 3. The van der Waals surface area contributed by atoms with E-state index in [1.54, 1.807) is 17.0 Å². The second-order valence-electron chi connectivity index (χ2n) is 6.56. The van der Waals surface area contributed by atoms with Gasteiger partial charge in [-0.15, -0.1) is 0 Å². The molecule has 7 heteroatoms. The van der Waals surface area contributed by atoms with E-state index in [2.05, 4.69) is 15.5 Å². The van der Waals surface area contributed by atoms with Crippen LogP contribution in [0.4, 0.5) is 14.9 Å². The van der Waals surface area contributed by atoms with E-state index < -0.39 is 0 Å². The number of carbonyl (C=O) groups is 1. The summed E-state index contributed by atoms with van der Waals surface area (Å²) in [6.07, 6.45) is 1.62. The van der Waals surface area contributed by atoms with Crippen molar-refractivity contribution in [2.75, 3.05) is 11.9 Å². The van der Waals surface area contributed by atoms with Crippen LogP contribution < -0.4 is 5.32 Å². The summed E-state index contributed by atoms with van der Waals surface area (Å²) in [5.74, 6) is 0.459. The number of rotatable bonds is 3. The van der Waals surface area contributed by atoms with E-state index in [0.29, 0.717) is 23.8 Å². The van der Waals surface area contributed by atoms with Gasteiger partial charge in [-0.3, -0.25) is 0 Å². The Morgan fingerprint density at radius 3 is 2.78 bits per heavy atom. The van der Waals surface area contributed by atoms with E-state index in [1.807, 2.05) is 31.2 Å². The first-order valence-corrected chi connectivity index (χ1v) is 8.84. The molecule has 2 amide bonds. The molecule has 0 radical (unpaired) electrons. The van der Waals surface area contributed by atoms with Crippen LogP contribution in [0.1, 0.15) is 30.3 Å². The van der Waals surface area contributed by atoms with Gasteiger partial charge in [0.1, 0.15) is 11.9 Å². The molecule has 1 fully saturated rings. The van der Waals surface area contributed by atoms with Gasteiger partial charge in [0.15, 0.2) is 0 Å². The normalized spacial score (nSPS) is 16.5. The van der Waals surface area contributed by atoms with Crippen LogP contribution in [0.5, 0.6) is 0 Å². The topological polar surface area (TPSA) is 71.3 Å². The number of hydrogen-bond acceptors (Lipinski definition) is 4. The van der Waals surface area contributed by atoms with Crippen LogP contribution in [0.25, 0.3) is 11.4 Å². The van der Waals surface area contributed by atoms with Crippen molar-refractivity contribution in [3.63, 3.8) is 0 Å². The number of urea groups is 1. The first-order chi connectivity index (χ1) is 13.1. The van der Waals surface area contributed by atoms with Gasteiger partial charge in [-0.2, -0.15) is 4.98 Å². The van der Waals surface area contributed by atoms with Gasteiger partial charge in [0.2, 0.25) is 11.7 Å². The van der Waals surface area contributed by atoms with E-state index in [-0.39, 0.29) is 17.9 Å². The molecule has 6 nitrogen and oxygen atoms in total. The van der Waals surface area contributed by atoms with Gasteiger partial charge in [0.25, 0.3) is 0 Å². The molecular weight excluding hydrogens is 347 g/mol. The first-order valence-electron chi connectivity index (χ1n) is 8.84. The largest absolute Gasteiger partial charge is 0.337 e. The molecule has 2 heterocycles. The summed E-state index contributed by atoms with van der Waals surface area (Å²) in [6, 6.07) is 13.1. The van der Waals surface area contributed by atoms with Crippen molar-refractivity contribution in [2.45, 2.75) is 25.8 Å². The number of anilines is 1. The molecule has 1 aromatic heterocycles. The minimum Gasteiger partial charge on any atom is -0.337 e. The fourth-order valence-corrected chi connectivity index (χ4v) is 3.25. The highest BCUT2D eigenvalue weighted by Crippen LogP contribution is 2.32. The minimum atomic E-state index is -0.322. The smallest absolute Gasteiger partial charge is 0.322 e. The van der Waals surface area contributed by atoms with Gasteiger partial charge in [0.05, 0.1) is 0 Å². The standard InChI is InChI=1S/C20H19FN4O2/c1-13-5-2-3-6-16(13)22-20(26)25-12-4-7-17(25)19-23-18(24-27-19)14-8-10-15(21)11-9-14/h2-3,5-6,8-11,17H,4,7,12H2,1H3,(H,22,26)/t17-/m1/s1. The molecule has 138 valence electrons. The molecule has 27 heavy (non-hydrogen) atoms. The zero-order chi connectivity index (χ0) is 18.8. The van der Waals surface area contributed by atoms with Crippen molar-refractivity contribution < 1.29 is 13.7 Å². The molecule has 0 spiro atoms. The molecular formula is C20H19FN4O2. The van der Waals surface area contributed by atoms with Crippen LogP contribution >= 0.6 is 0 Å². The van der Waals surface area contributed by atoms with Gasteiger partial charge in [-0.1, -0.05) is 23.4 Å². The van der Waals surface area contributed by atoms with Crippen molar-refractivity contribution in [1.29, 1.82) is 0 Å². The number of aromatic nitrogens is 2. The SMILES string of the molecule is Cc1ccccc1NC(=O)N1CCC[C@@H]1c1nc(-c2ccc(F)cc2)no1. The van der Waals surface area contributed by atoms with Crippen LogP contribution in [0.3, 0.4) is 0 Å². The maximum Gasteiger partial charge on any atom is 0.322 e. The van der Waals surface area contributed by atoms with Gasteiger partial charge < -0.3 is 14.7 Å². The molecule has 1 N–H and O–H groups in total. The van der Waals surface area contributed by atoms with Crippen molar-refractivity contribution >= 4 is 11.7 Å². The van der Waals surface area contributed by atoms with Crippen LogP contribution in [-0.2, 0) is 0 Å². The summed E-state index contributed by atoms with van der Waals surface area (Å²) in [5, 5.41) is 6.94. The average Bonchev–Trinajstić information content (AvgIpc) is 3.33. The number of benzene rings is 2. The summed E-state index contributed by atoms with van der Waals surface area (Å²) >= 11 is 0. The van der Waals surface area contributed by atoms with E-state index in [0.717, 1.165) is 24.1 Å². The predicted molar refractivity (Wildman–Crippen MR) is 98.6 cm³/mol. The third kappa shape index (κ3) is 3.53. The van der Waals surface area contributed by atoms with Crippen molar-refractivity contribution in [3.05, 3.63) is 65.8 Å². The van der Waals surface area contributed by atoms with Crippen molar-refractivity contribution in [1.82, 2.24) is 15.0 Å². The van der Waals surface area contributed by atoms with Gasteiger partial charge in [-0.05, 0) is 55.7 Å². The second kappa shape index (κ2) is 7.19. The number of hydrogen-bond donors (Lipinski definition) is 1. The molecule has 1 aliphatic heterocycles. The third-order valence-corrected chi connectivity index (χ3v) is 4.73. The van der Waals surface area contributed by atoms with Crippen LogP contribution in [0.15, 0.2) is 53.1 Å². The summed E-state index contributed by atoms with van der Waals surface area (Å²) in [4.78, 5) is 18.9. The van der Waals surface area contributed by atoms with E-state index in [1.165, 1.54) is 12.1 Å². The number of para-hydroxylation sites is 1. The lowest BCUT2D eigenvalue weighted by molar-refractivity contribution is 0.193. The Kier molecular flexibility index (Phi) is 4.58. The molecule has 1 atom stereocenters. The molecule has 2 aromatic carbocycles. The summed E-state index contributed by atoms with van der Waals surface area (Å²) < 4.78 is 18.5. The molecule has 0 saturated carbocycles.